The second kappa shape index (κ2) is 6.82. The van der Waals surface area contributed by atoms with E-state index in [-0.39, 0.29) is 0 Å². The quantitative estimate of drug-likeness (QED) is 0.405. The summed E-state index contributed by atoms with van der Waals surface area (Å²) in [5.41, 5.74) is 0.952. The van der Waals surface area contributed by atoms with Crippen LogP contribution in [0.3, 0.4) is 0 Å². The molecule has 1 saturated carbocycles. The highest BCUT2D eigenvalue weighted by Crippen LogP contribution is 2.15. The van der Waals surface area contributed by atoms with E-state index in [4.69, 9.17) is 5.21 Å². The van der Waals surface area contributed by atoms with Crippen LogP contribution in [0.2, 0.25) is 0 Å². The molecule has 1 fully saturated rings. The molecule has 3 heteroatoms. The summed E-state index contributed by atoms with van der Waals surface area (Å²) in [6.07, 6.45) is 8.29. The molecule has 0 aliphatic heterocycles. The van der Waals surface area contributed by atoms with Crippen LogP contribution >= 0.6 is 0 Å². The maximum atomic E-state index is 8.81. The van der Waals surface area contributed by atoms with Gasteiger partial charge in [0.25, 0.3) is 0 Å². The summed E-state index contributed by atoms with van der Waals surface area (Å²) in [6.45, 7) is 3.26. The van der Waals surface area contributed by atoms with Gasteiger partial charge in [-0.05, 0) is 32.2 Å². The van der Waals surface area contributed by atoms with Crippen LogP contribution in [0, 0.1) is 0 Å². The van der Waals surface area contributed by atoms with Gasteiger partial charge >= 0.3 is 0 Å². The zero-order valence-electron chi connectivity index (χ0n) is 9.13. The Balaban J connectivity index is 2.20. The van der Waals surface area contributed by atoms with E-state index < -0.39 is 0 Å². The van der Waals surface area contributed by atoms with Gasteiger partial charge in [0.15, 0.2) is 0 Å². The molecule has 0 radical (unpaired) electrons. The Morgan fingerprint density at radius 3 is 3.00 bits per heavy atom. The van der Waals surface area contributed by atoms with Crippen molar-refractivity contribution in [2.24, 2.45) is 5.16 Å². The lowest BCUT2D eigenvalue weighted by molar-refractivity contribution is 0.310. The Bertz CT molecular complexity index is 180. The first-order valence-electron chi connectivity index (χ1n) is 5.82. The van der Waals surface area contributed by atoms with E-state index in [2.05, 4.69) is 17.4 Å². The summed E-state index contributed by atoms with van der Waals surface area (Å²) in [7, 11) is 0. The normalized spacial score (nSPS) is 25.5. The van der Waals surface area contributed by atoms with Gasteiger partial charge in [-0.25, -0.2) is 0 Å². The van der Waals surface area contributed by atoms with E-state index in [1.54, 1.807) is 0 Å². The van der Waals surface area contributed by atoms with Gasteiger partial charge in [-0.3, -0.25) is 0 Å². The maximum absolute atomic E-state index is 8.81. The zero-order valence-corrected chi connectivity index (χ0v) is 9.13. The van der Waals surface area contributed by atoms with Crippen LogP contribution in [-0.2, 0) is 0 Å². The van der Waals surface area contributed by atoms with Crippen molar-refractivity contribution >= 4 is 5.71 Å². The standard InChI is InChI=1S/C11H22N2O/c1-2-3-6-9-12-10-7-4-5-8-11(10)13-14/h10,12,14H,2-9H2,1H3. The van der Waals surface area contributed by atoms with Crippen molar-refractivity contribution in [3.8, 4) is 0 Å². The Labute approximate surface area is 86.6 Å². The first-order valence-corrected chi connectivity index (χ1v) is 5.82. The molecule has 0 amide bonds. The molecule has 0 heterocycles. The van der Waals surface area contributed by atoms with Gasteiger partial charge in [-0.1, -0.05) is 31.3 Å². The van der Waals surface area contributed by atoms with Crippen LogP contribution in [-0.4, -0.2) is 23.5 Å². The minimum Gasteiger partial charge on any atom is -0.411 e. The van der Waals surface area contributed by atoms with E-state index in [1.165, 1.54) is 32.1 Å². The lowest BCUT2D eigenvalue weighted by Crippen LogP contribution is -2.39. The number of oxime groups is 1. The van der Waals surface area contributed by atoms with Crippen LogP contribution in [0.15, 0.2) is 5.16 Å². The molecule has 0 aromatic carbocycles. The van der Waals surface area contributed by atoms with Crippen LogP contribution in [0.5, 0.6) is 0 Å². The molecule has 1 unspecified atom stereocenters. The Kier molecular flexibility index (Phi) is 5.60. The average Bonchev–Trinajstić information content (AvgIpc) is 2.25. The fraction of sp³-hybridized carbons (Fsp3) is 0.909. The van der Waals surface area contributed by atoms with Crippen LogP contribution in [0.25, 0.3) is 0 Å². The smallest absolute Gasteiger partial charge is 0.0739 e. The molecule has 2 N–H and O–H groups in total. The van der Waals surface area contributed by atoms with Crippen molar-refractivity contribution in [3.05, 3.63) is 0 Å². The third kappa shape index (κ3) is 3.66. The summed E-state index contributed by atoms with van der Waals surface area (Å²) in [4.78, 5) is 0. The molecule has 1 aliphatic rings. The van der Waals surface area contributed by atoms with E-state index in [0.717, 1.165) is 25.1 Å². The molecule has 0 spiro atoms. The second-order valence-electron chi connectivity index (χ2n) is 4.05. The van der Waals surface area contributed by atoms with E-state index in [1.807, 2.05) is 0 Å². The third-order valence-electron chi connectivity index (χ3n) is 2.88. The highest BCUT2D eigenvalue weighted by molar-refractivity contribution is 5.89. The van der Waals surface area contributed by atoms with Crippen molar-refractivity contribution in [2.75, 3.05) is 6.54 Å². The van der Waals surface area contributed by atoms with Gasteiger partial charge in [0.05, 0.1) is 5.71 Å². The molecular weight excluding hydrogens is 176 g/mol. The monoisotopic (exact) mass is 198 g/mol. The summed E-state index contributed by atoms with van der Waals surface area (Å²) in [6, 6.07) is 0.339. The minimum absolute atomic E-state index is 0.339. The molecule has 1 aliphatic carbocycles. The van der Waals surface area contributed by atoms with Crippen molar-refractivity contribution < 1.29 is 5.21 Å². The number of unbranched alkanes of at least 4 members (excludes halogenated alkanes) is 2. The van der Waals surface area contributed by atoms with Crippen LogP contribution in [0.1, 0.15) is 51.9 Å². The molecule has 1 rings (SSSR count). The highest BCUT2D eigenvalue weighted by Gasteiger charge is 2.19. The molecular formula is C11H22N2O. The number of hydrogen-bond donors (Lipinski definition) is 2. The minimum atomic E-state index is 0.339. The number of hydrogen-bond acceptors (Lipinski definition) is 3. The molecule has 82 valence electrons. The molecule has 0 bridgehead atoms. The van der Waals surface area contributed by atoms with Gasteiger partial charge in [-0.2, -0.15) is 0 Å². The first kappa shape index (κ1) is 11.5. The van der Waals surface area contributed by atoms with Crippen molar-refractivity contribution in [2.45, 2.75) is 57.9 Å². The number of rotatable bonds is 5. The Morgan fingerprint density at radius 2 is 2.29 bits per heavy atom. The fourth-order valence-electron chi connectivity index (χ4n) is 1.99. The second-order valence-corrected chi connectivity index (χ2v) is 4.05. The number of nitrogens with one attached hydrogen (secondary N) is 1. The lowest BCUT2D eigenvalue weighted by Gasteiger charge is -2.23. The van der Waals surface area contributed by atoms with Gasteiger partial charge in [0.1, 0.15) is 0 Å². The maximum Gasteiger partial charge on any atom is 0.0739 e. The van der Waals surface area contributed by atoms with Crippen molar-refractivity contribution in [3.63, 3.8) is 0 Å². The Morgan fingerprint density at radius 1 is 1.43 bits per heavy atom. The molecule has 0 aromatic heterocycles. The third-order valence-corrected chi connectivity index (χ3v) is 2.88. The summed E-state index contributed by atoms with van der Waals surface area (Å²) >= 11 is 0. The van der Waals surface area contributed by atoms with E-state index >= 15 is 0 Å². The predicted molar refractivity (Wildman–Crippen MR) is 59.0 cm³/mol. The van der Waals surface area contributed by atoms with Crippen molar-refractivity contribution in [1.82, 2.24) is 5.32 Å². The largest absolute Gasteiger partial charge is 0.411 e. The van der Waals surface area contributed by atoms with Gasteiger partial charge in [-0.15, -0.1) is 0 Å². The molecule has 0 saturated heterocycles. The molecule has 1 atom stereocenters. The summed E-state index contributed by atoms with van der Waals surface area (Å²) in [5, 5.41) is 15.7. The van der Waals surface area contributed by atoms with E-state index in [0.29, 0.717) is 6.04 Å². The summed E-state index contributed by atoms with van der Waals surface area (Å²) in [5.74, 6) is 0. The predicted octanol–water partition coefficient (Wildman–Crippen LogP) is 2.54. The van der Waals surface area contributed by atoms with Gasteiger partial charge < -0.3 is 10.5 Å². The molecule has 14 heavy (non-hydrogen) atoms. The van der Waals surface area contributed by atoms with Gasteiger partial charge in [0, 0.05) is 6.04 Å². The van der Waals surface area contributed by atoms with Crippen molar-refractivity contribution in [1.29, 1.82) is 0 Å². The van der Waals surface area contributed by atoms with Crippen LogP contribution < -0.4 is 5.32 Å². The average molecular weight is 198 g/mol. The lowest BCUT2D eigenvalue weighted by atomic mass is 9.93. The highest BCUT2D eigenvalue weighted by atomic mass is 16.4. The topological polar surface area (TPSA) is 44.6 Å². The zero-order chi connectivity index (χ0) is 10.2. The molecule has 3 nitrogen and oxygen atoms in total. The van der Waals surface area contributed by atoms with E-state index in [9.17, 15) is 0 Å². The molecule has 0 aromatic rings. The number of nitrogens with zero attached hydrogens (tertiary/aromatic N) is 1. The fourth-order valence-corrected chi connectivity index (χ4v) is 1.99. The van der Waals surface area contributed by atoms with Crippen LogP contribution in [0.4, 0.5) is 0 Å². The SMILES string of the molecule is CCCCCNC1CCCCC1=NO. The summed E-state index contributed by atoms with van der Waals surface area (Å²) < 4.78 is 0. The first-order chi connectivity index (χ1) is 6.88. The van der Waals surface area contributed by atoms with Gasteiger partial charge in [0.2, 0.25) is 0 Å². The Hall–Kier alpha value is -0.570.